The van der Waals surface area contributed by atoms with Crippen LogP contribution in [0.2, 0.25) is 0 Å². The van der Waals surface area contributed by atoms with Gasteiger partial charge in [-0.3, -0.25) is 4.79 Å². The van der Waals surface area contributed by atoms with Crippen LogP contribution in [0.3, 0.4) is 0 Å². The van der Waals surface area contributed by atoms with Gasteiger partial charge in [-0.05, 0) is 19.4 Å². The molecule has 0 aliphatic heterocycles. The predicted molar refractivity (Wildman–Crippen MR) is 83.1 cm³/mol. The minimum atomic E-state index is -0.549. The molecule has 0 heterocycles. The Morgan fingerprint density at radius 2 is 2.00 bits per heavy atom. The molecule has 0 bridgehead atoms. The highest BCUT2D eigenvalue weighted by atomic mass is 16.4. The lowest BCUT2D eigenvalue weighted by Gasteiger charge is -2.27. The van der Waals surface area contributed by atoms with Gasteiger partial charge in [-0.2, -0.15) is 0 Å². The summed E-state index contributed by atoms with van der Waals surface area (Å²) >= 11 is 0. The summed E-state index contributed by atoms with van der Waals surface area (Å²) in [5.41, 5.74) is 6.09. The Kier molecular flexibility index (Phi) is 6.17. The standard InChI is InChI=1S/C15H24N4O2/c1-15(2,14(20)17-3)10-18-12(9-13(16)19-21)11-7-5-4-6-8-11/h4-8,12,18,21H,9-10H2,1-3H3,(H2,16,19)(H,17,20). The van der Waals surface area contributed by atoms with Gasteiger partial charge in [-0.1, -0.05) is 35.5 Å². The lowest BCUT2D eigenvalue weighted by atomic mass is 9.91. The van der Waals surface area contributed by atoms with Crippen LogP contribution >= 0.6 is 0 Å². The summed E-state index contributed by atoms with van der Waals surface area (Å²) in [6.45, 7) is 4.21. The maximum Gasteiger partial charge on any atom is 0.226 e. The second kappa shape index (κ2) is 7.64. The first-order valence-electron chi connectivity index (χ1n) is 6.87. The average molecular weight is 292 g/mol. The second-order valence-electron chi connectivity index (χ2n) is 5.60. The van der Waals surface area contributed by atoms with E-state index in [9.17, 15) is 4.79 Å². The zero-order chi connectivity index (χ0) is 15.9. The molecule has 0 aromatic heterocycles. The van der Waals surface area contributed by atoms with E-state index in [4.69, 9.17) is 10.9 Å². The zero-order valence-corrected chi connectivity index (χ0v) is 12.8. The van der Waals surface area contributed by atoms with Crippen molar-refractivity contribution in [3.05, 3.63) is 35.9 Å². The first kappa shape index (κ1) is 17.0. The highest BCUT2D eigenvalue weighted by molar-refractivity contribution is 5.82. The number of nitrogens with zero attached hydrogens (tertiary/aromatic N) is 1. The summed E-state index contributed by atoms with van der Waals surface area (Å²) in [6, 6.07) is 9.61. The number of hydrogen-bond acceptors (Lipinski definition) is 4. The molecule has 0 radical (unpaired) electrons. The van der Waals surface area contributed by atoms with Crippen LogP contribution in [0, 0.1) is 5.41 Å². The van der Waals surface area contributed by atoms with Crippen molar-refractivity contribution >= 4 is 11.7 Å². The molecule has 1 atom stereocenters. The van der Waals surface area contributed by atoms with E-state index in [1.807, 2.05) is 44.2 Å². The third kappa shape index (κ3) is 5.07. The maximum atomic E-state index is 11.8. The van der Waals surface area contributed by atoms with Crippen molar-refractivity contribution in [3.63, 3.8) is 0 Å². The fourth-order valence-electron chi connectivity index (χ4n) is 2.04. The van der Waals surface area contributed by atoms with Gasteiger partial charge in [-0.15, -0.1) is 0 Å². The minimum Gasteiger partial charge on any atom is -0.409 e. The lowest BCUT2D eigenvalue weighted by Crippen LogP contribution is -2.43. The molecule has 5 N–H and O–H groups in total. The van der Waals surface area contributed by atoms with Gasteiger partial charge in [0.25, 0.3) is 0 Å². The van der Waals surface area contributed by atoms with Gasteiger partial charge >= 0.3 is 0 Å². The first-order valence-corrected chi connectivity index (χ1v) is 6.87. The molecule has 6 nitrogen and oxygen atoms in total. The number of amidine groups is 1. The summed E-state index contributed by atoms with van der Waals surface area (Å²) in [5, 5.41) is 17.8. The van der Waals surface area contributed by atoms with E-state index in [1.54, 1.807) is 7.05 Å². The predicted octanol–water partition coefficient (Wildman–Crippen LogP) is 1.23. The summed E-state index contributed by atoms with van der Waals surface area (Å²) in [5.74, 6) is 0.111. The normalized spacial score (nSPS) is 13.8. The molecule has 116 valence electrons. The van der Waals surface area contributed by atoms with Crippen molar-refractivity contribution in [2.45, 2.75) is 26.3 Å². The minimum absolute atomic E-state index is 0.0365. The number of benzene rings is 1. The third-order valence-corrected chi connectivity index (χ3v) is 3.38. The van der Waals surface area contributed by atoms with Crippen LogP contribution < -0.4 is 16.4 Å². The topological polar surface area (TPSA) is 99.7 Å². The average Bonchev–Trinajstić information content (AvgIpc) is 2.50. The molecule has 0 aliphatic rings. The molecule has 1 aromatic rings. The smallest absolute Gasteiger partial charge is 0.226 e. The molecule has 1 amide bonds. The Labute approximate surface area is 125 Å². The summed E-state index contributed by atoms with van der Waals surface area (Å²) in [7, 11) is 1.62. The number of oxime groups is 1. The quantitative estimate of drug-likeness (QED) is 0.263. The van der Waals surface area contributed by atoms with Crippen LogP contribution in [0.1, 0.15) is 31.9 Å². The molecular weight excluding hydrogens is 268 g/mol. The highest BCUT2D eigenvalue weighted by Crippen LogP contribution is 2.20. The van der Waals surface area contributed by atoms with E-state index in [-0.39, 0.29) is 17.8 Å². The molecule has 21 heavy (non-hydrogen) atoms. The molecule has 1 rings (SSSR count). The SMILES string of the molecule is CNC(=O)C(C)(C)CNC(C/C(N)=N/O)c1ccccc1. The molecule has 0 fully saturated rings. The Morgan fingerprint density at radius 3 is 2.52 bits per heavy atom. The van der Waals surface area contributed by atoms with Crippen molar-refractivity contribution in [2.24, 2.45) is 16.3 Å². The molecule has 0 saturated carbocycles. The largest absolute Gasteiger partial charge is 0.409 e. The van der Waals surface area contributed by atoms with Crippen LogP contribution in [-0.2, 0) is 4.79 Å². The van der Waals surface area contributed by atoms with E-state index in [2.05, 4.69) is 15.8 Å². The number of carbonyl (C=O) groups is 1. The molecule has 6 heteroatoms. The second-order valence-corrected chi connectivity index (χ2v) is 5.60. The Balaban J connectivity index is 2.82. The van der Waals surface area contributed by atoms with E-state index in [0.717, 1.165) is 5.56 Å². The van der Waals surface area contributed by atoms with Gasteiger partial charge in [0.15, 0.2) is 0 Å². The van der Waals surface area contributed by atoms with Crippen LogP contribution in [-0.4, -0.2) is 30.5 Å². The molecule has 0 saturated heterocycles. The van der Waals surface area contributed by atoms with Crippen molar-refractivity contribution in [3.8, 4) is 0 Å². The molecular formula is C15H24N4O2. The third-order valence-electron chi connectivity index (χ3n) is 3.38. The molecule has 1 aromatic carbocycles. The Hall–Kier alpha value is -2.08. The van der Waals surface area contributed by atoms with E-state index < -0.39 is 5.41 Å². The van der Waals surface area contributed by atoms with Gasteiger partial charge in [0.1, 0.15) is 5.84 Å². The molecule has 0 spiro atoms. The van der Waals surface area contributed by atoms with E-state index >= 15 is 0 Å². The Bertz CT molecular complexity index is 486. The van der Waals surface area contributed by atoms with Gasteiger partial charge in [0.2, 0.25) is 5.91 Å². The van der Waals surface area contributed by atoms with Gasteiger partial charge in [0, 0.05) is 26.1 Å². The number of carbonyl (C=O) groups excluding carboxylic acids is 1. The van der Waals surface area contributed by atoms with Gasteiger partial charge in [0.05, 0.1) is 5.41 Å². The number of nitrogens with one attached hydrogen (secondary N) is 2. The Morgan fingerprint density at radius 1 is 1.38 bits per heavy atom. The number of hydrogen-bond donors (Lipinski definition) is 4. The van der Waals surface area contributed by atoms with Crippen LogP contribution in [0.5, 0.6) is 0 Å². The van der Waals surface area contributed by atoms with Gasteiger partial charge in [-0.25, -0.2) is 0 Å². The van der Waals surface area contributed by atoms with Crippen molar-refractivity contribution < 1.29 is 10.0 Å². The van der Waals surface area contributed by atoms with Gasteiger partial charge < -0.3 is 21.6 Å². The zero-order valence-electron chi connectivity index (χ0n) is 12.8. The van der Waals surface area contributed by atoms with Crippen LogP contribution in [0.25, 0.3) is 0 Å². The van der Waals surface area contributed by atoms with Crippen LogP contribution in [0.4, 0.5) is 0 Å². The van der Waals surface area contributed by atoms with E-state index in [1.165, 1.54) is 0 Å². The van der Waals surface area contributed by atoms with Crippen LogP contribution in [0.15, 0.2) is 35.5 Å². The molecule has 1 unspecified atom stereocenters. The monoisotopic (exact) mass is 292 g/mol. The fraction of sp³-hybridized carbons (Fsp3) is 0.467. The summed E-state index contributed by atoms with van der Waals surface area (Å²) in [6.07, 6.45) is 0.365. The molecule has 0 aliphatic carbocycles. The first-order chi connectivity index (χ1) is 9.90. The summed E-state index contributed by atoms with van der Waals surface area (Å²) < 4.78 is 0. The van der Waals surface area contributed by atoms with E-state index in [0.29, 0.717) is 13.0 Å². The highest BCUT2D eigenvalue weighted by Gasteiger charge is 2.27. The number of amides is 1. The lowest BCUT2D eigenvalue weighted by molar-refractivity contribution is -0.128. The van der Waals surface area contributed by atoms with Crippen molar-refractivity contribution in [2.75, 3.05) is 13.6 Å². The maximum absolute atomic E-state index is 11.8. The van der Waals surface area contributed by atoms with Crippen molar-refractivity contribution in [1.29, 1.82) is 0 Å². The number of nitrogens with two attached hydrogens (primary N) is 1. The summed E-state index contributed by atoms with van der Waals surface area (Å²) in [4.78, 5) is 11.8. The van der Waals surface area contributed by atoms with Crippen molar-refractivity contribution in [1.82, 2.24) is 10.6 Å². The fourth-order valence-corrected chi connectivity index (χ4v) is 2.04. The number of rotatable bonds is 7.